The van der Waals surface area contributed by atoms with Gasteiger partial charge < -0.3 is 4.74 Å². The lowest BCUT2D eigenvalue weighted by Crippen LogP contribution is -2.41. The molecule has 16 heavy (non-hydrogen) atoms. The van der Waals surface area contributed by atoms with Crippen molar-refractivity contribution in [3.05, 3.63) is 0 Å². The minimum atomic E-state index is -0.0756. The van der Waals surface area contributed by atoms with E-state index >= 15 is 0 Å². The molecule has 1 aliphatic heterocycles. The molecule has 0 spiro atoms. The Labute approximate surface area is 102 Å². The van der Waals surface area contributed by atoms with Gasteiger partial charge in [-0.25, -0.2) is 0 Å². The highest BCUT2D eigenvalue weighted by atomic mass is 32.2. The standard InChI is InChI=1S/C12H21NO2S/c1-2-15-12(14)10-8-16-11(13-10)9-6-4-3-5-7-9/h9-11,13H,2-8H2,1H3/t10-,11-/m0/s1. The van der Waals surface area contributed by atoms with Gasteiger partial charge in [0.15, 0.2) is 0 Å². The number of hydrogen-bond donors (Lipinski definition) is 1. The molecule has 2 atom stereocenters. The molecule has 92 valence electrons. The molecule has 2 rings (SSSR count). The molecule has 0 amide bonds. The molecule has 2 aliphatic rings. The normalized spacial score (nSPS) is 31.6. The monoisotopic (exact) mass is 243 g/mol. The number of carbonyl (C=O) groups excluding carboxylic acids is 1. The Morgan fingerprint density at radius 3 is 2.81 bits per heavy atom. The third-order valence-corrected chi connectivity index (χ3v) is 4.86. The zero-order chi connectivity index (χ0) is 11.4. The fourth-order valence-corrected chi connectivity index (χ4v) is 4.02. The lowest BCUT2D eigenvalue weighted by Gasteiger charge is -2.27. The van der Waals surface area contributed by atoms with Crippen LogP contribution in [0.15, 0.2) is 0 Å². The van der Waals surface area contributed by atoms with Gasteiger partial charge in [-0.15, -0.1) is 11.8 Å². The number of hydrogen-bond acceptors (Lipinski definition) is 4. The van der Waals surface area contributed by atoms with Crippen LogP contribution >= 0.6 is 11.8 Å². The van der Waals surface area contributed by atoms with Crippen LogP contribution in [0.3, 0.4) is 0 Å². The summed E-state index contributed by atoms with van der Waals surface area (Å²) in [5.74, 6) is 1.56. The van der Waals surface area contributed by atoms with Gasteiger partial charge in [0.25, 0.3) is 0 Å². The Kier molecular flexibility index (Phi) is 4.53. The van der Waals surface area contributed by atoms with Crippen molar-refractivity contribution in [2.24, 2.45) is 5.92 Å². The highest BCUT2D eigenvalue weighted by Gasteiger charge is 2.35. The molecule has 1 heterocycles. The van der Waals surface area contributed by atoms with Crippen LogP contribution in [0.25, 0.3) is 0 Å². The fraction of sp³-hybridized carbons (Fsp3) is 0.917. The van der Waals surface area contributed by atoms with Gasteiger partial charge in [0.05, 0.1) is 12.0 Å². The molecule has 2 fully saturated rings. The van der Waals surface area contributed by atoms with Gasteiger partial charge in [-0.2, -0.15) is 0 Å². The number of carbonyl (C=O) groups is 1. The van der Waals surface area contributed by atoms with E-state index in [9.17, 15) is 4.79 Å². The first-order chi connectivity index (χ1) is 7.81. The number of ether oxygens (including phenoxy) is 1. The zero-order valence-electron chi connectivity index (χ0n) is 9.91. The first kappa shape index (κ1) is 12.2. The van der Waals surface area contributed by atoms with E-state index in [2.05, 4.69) is 5.32 Å². The van der Waals surface area contributed by atoms with E-state index < -0.39 is 0 Å². The third-order valence-electron chi connectivity index (χ3n) is 3.46. The van der Waals surface area contributed by atoms with Gasteiger partial charge in [0, 0.05) is 5.75 Å². The quantitative estimate of drug-likeness (QED) is 0.771. The molecule has 4 heteroatoms. The van der Waals surface area contributed by atoms with Crippen molar-refractivity contribution in [2.45, 2.75) is 50.4 Å². The molecular weight excluding hydrogens is 222 g/mol. The highest BCUT2D eigenvalue weighted by molar-refractivity contribution is 8.00. The van der Waals surface area contributed by atoms with Gasteiger partial charge in [0.2, 0.25) is 0 Å². The lowest BCUT2D eigenvalue weighted by molar-refractivity contribution is -0.144. The smallest absolute Gasteiger partial charge is 0.324 e. The molecule has 0 aromatic rings. The van der Waals surface area contributed by atoms with E-state index in [1.165, 1.54) is 32.1 Å². The summed E-state index contributed by atoms with van der Waals surface area (Å²) in [6.45, 7) is 2.34. The maximum Gasteiger partial charge on any atom is 0.324 e. The largest absolute Gasteiger partial charge is 0.465 e. The van der Waals surface area contributed by atoms with Crippen LogP contribution in [0.1, 0.15) is 39.0 Å². The average molecular weight is 243 g/mol. The summed E-state index contributed by atoms with van der Waals surface area (Å²) < 4.78 is 5.05. The van der Waals surface area contributed by atoms with Crippen molar-refractivity contribution in [1.82, 2.24) is 5.32 Å². The van der Waals surface area contributed by atoms with Crippen LogP contribution in [0, 0.1) is 5.92 Å². The van der Waals surface area contributed by atoms with Crippen molar-refractivity contribution >= 4 is 17.7 Å². The number of nitrogens with one attached hydrogen (secondary N) is 1. The van der Waals surface area contributed by atoms with Crippen molar-refractivity contribution in [3.8, 4) is 0 Å². The third kappa shape index (κ3) is 2.92. The summed E-state index contributed by atoms with van der Waals surface area (Å²) in [4.78, 5) is 11.6. The van der Waals surface area contributed by atoms with Crippen LogP contribution < -0.4 is 5.32 Å². The van der Waals surface area contributed by atoms with Gasteiger partial charge in [-0.1, -0.05) is 19.3 Å². The average Bonchev–Trinajstić information content (AvgIpc) is 2.80. The molecule has 0 bridgehead atoms. The Bertz CT molecular complexity index is 241. The Morgan fingerprint density at radius 1 is 1.38 bits per heavy atom. The minimum absolute atomic E-state index is 0.0723. The van der Waals surface area contributed by atoms with E-state index in [0.29, 0.717) is 12.0 Å². The second-order valence-electron chi connectivity index (χ2n) is 4.62. The van der Waals surface area contributed by atoms with Gasteiger partial charge in [-0.3, -0.25) is 10.1 Å². The summed E-state index contributed by atoms with van der Waals surface area (Å²) >= 11 is 1.90. The van der Waals surface area contributed by atoms with E-state index in [0.717, 1.165) is 11.7 Å². The summed E-state index contributed by atoms with van der Waals surface area (Å²) in [5.41, 5.74) is 0. The zero-order valence-corrected chi connectivity index (χ0v) is 10.7. The van der Waals surface area contributed by atoms with Crippen LogP contribution in [-0.2, 0) is 9.53 Å². The first-order valence-corrected chi connectivity index (χ1v) is 7.40. The van der Waals surface area contributed by atoms with Crippen molar-refractivity contribution in [2.75, 3.05) is 12.4 Å². The van der Waals surface area contributed by atoms with Crippen molar-refractivity contribution in [3.63, 3.8) is 0 Å². The molecule has 1 N–H and O–H groups in total. The summed E-state index contributed by atoms with van der Waals surface area (Å²) in [5, 5.41) is 3.91. The van der Waals surface area contributed by atoms with Gasteiger partial charge >= 0.3 is 5.97 Å². The van der Waals surface area contributed by atoms with E-state index in [4.69, 9.17) is 4.74 Å². The number of thioether (sulfide) groups is 1. The second kappa shape index (κ2) is 5.92. The van der Waals surface area contributed by atoms with Crippen LogP contribution in [0.4, 0.5) is 0 Å². The summed E-state index contributed by atoms with van der Waals surface area (Å²) in [6, 6.07) is -0.0723. The van der Waals surface area contributed by atoms with Crippen LogP contribution in [-0.4, -0.2) is 29.7 Å². The molecule has 3 nitrogen and oxygen atoms in total. The predicted molar refractivity (Wildman–Crippen MR) is 66.4 cm³/mol. The first-order valence-electron chi connectivity index (χ1n) is 6.35. The molecule has 0 radical (unpaired) electrons. The molecule has 1 aliphatic carbocycles. The molecule has 1 saturated heterocycles. The topological polar surface area (TPSA) is 38.3 Å². The summed E-state index contributed by atoms with van der Waals surface area (Å²) in [7, 11) is 0. The fourth-order valence-electron chi connectivity index (χ4n) is 2.58. The van der Waals surface area contributed by atoms with Crippen molar-refractivity contribution in [1.29, 1.82) is 0 Å². The van der Waals surface area contributed by atoms with Crippen molar-refractivity contribution < 1.29 is 9.53 Å². The SMILES string of the molecule is CCOC(=O)[C@@H]1CS[C@@H](C2CCCCC2)N1. The van der Waals surface area contributed by atoms with Crippen LogP contribution in [0.2, 0.25) is 0 Å². The van der Waals surface area contributed by atoms with Crippen LogP contribution in [0.5, 0.6) is 0 Å². The highest BCUT2D eigenvalue weighted by Crippen LogP contribution is 2.34. The Hall–Kier alpha value is -0.220. The number of rotatable bonds is 3. The number of esters is 1. The van der Waals surface area contributed by atoms with Gasteiger partial charge in [0.1, 0.15) is 6.04 Å². The molecule has 0 aromatic heterocycles. The minimum Gasteiger partial charge on any atom is -0.465 e. The summed E-state index contributed by atoms with van der Waals surface area (Å²) in [6.07, 6.45) is 6.73. The lowest BCUT2D eigenvalue weighted by atomic mass is 9.89. The Balaban J connectivity index is 1.80. The molecule has 1 saturated carbocycles. The maximum absolute atomic E-state index is 11.6. The second-order valence-corrected chi connectivity index (χ2v) is 5.80. The molecular formula is C12H21NO2S. The van der Waals surface area contributed by atoms with E-state index in [1.54, 1.807) is 0 Å². The molecule has 0 unspecified atom stereocenters. The van der Waals surface area contributed by atoms with E-state index in [1.807, 2.05) is 18.7 Å². The Morgan fingerprint density at radius 2 is 2.12 bits per heavy atom. The van der Waals surface area contributed by atoms with Gasteiger partial charge in [-0.05, 0) is 25.7 Å². The molecule has 0 aromatic carbocycles. The van der Waals surface area contributed by atoms with E-state index in [-0.39, 0.29) is 12.0 Å². The maximum atomic E-state index is 11.6. The predicted octanol–water partition coefficient (Wildman–Crippen LogP) is 2.16.